The number of hydrogen-bond donors (Lipinski definition) is 0. The van der Waals surface area contributed by atoms with E-state index < -0.39 is 5.60 Å². The fourth-order valence-electron chi connectivity index (χ4n) is 3.09. The molecule has 0 saturated heterocycles. The Hall–Kier alpha value is -1.15. The van der Waals surface area contributed by atoms with Gasteiger partial charge >= 0.3 is 0 Å². The Balaban J connectivity index is 2.11. The van der Waals surface area contributed by atoms with Gasteiger partial charge in [0.25, 0.3) is 0 Å². The molecule has 1 saturated carbocycles. The number of hydrogen-bond acceptors (Lipinski definition) is 2. The third-order valence-electron chi connectivity index (χ3n) is 4.92. The molecule has 20 heavy (non-hydrogen) atoms. The predicted molar refractivity (Wildman–Crippen MR) is 82.0 cm³/mol. The smallest absolute Gasteiger partial charge is 0.168 e. The third-order valence-corrected chi connectivity index (χ3v) is 4.92. The van der Waals surface area contributed by atoms with Gasteiger partial charge in [0.1, 0.15) is 5.60 Å². The molecule has 2 rings (SSSR count). The van der Waals surface area contributed by atoms with Gasteiger partial charge in [-0.1, -0.05) is 25.1 Å². The second kappa shape index (κ2) is 6.09. The lowest BCUT2D eigenvalue weighted by Crippen LogP contribution is -2.44. The Bertz CT molecular complexity index is 482. The molecule has 0 N–H and O–H groups in total. The van der Waals surface area contributed by atoms with E-state index in [-0.39, 0.29) is 5.78 Å². The van der Waals surface area contributed by atoms with Crippen LogP contribution in [0.3, 0.4) is 0 Å². The lowest BCUT2D eigenvalue weighted by molar-refractivity contribution is -0.145. The molecular formula is C18H26O2. The first-order valence-corrected chi connectivity index (χ1v) is 7.61. The highest BCUT2D eigenvalue weighted by molar-refractivity contribution is 5.89. The van der Waals surface area contributed by atoms with Crippen molar-refractivity contribution in [2.24, 2.45) is 5.92 Å². The number of methoxy groups -OCH3 is 1. The molecule has 0 aromatic heterocycles. The molecule has 0 radical (unpaired) electrons. The molecule has 1 aromatic carbocycles. The van der Waals surface area contributed by atoms with E-state index in [2.05, 4.69) is 39.0 Å². The second-order valence-corrected chi connectivity index (χ2v) is 6.40. The highest BCUT2D eigenvalue weighted by atomic mass is 16.5. The van der Waals surface area contributed by atoms with Crippen molar-refractivity contribution in [3.8, 4) is 0 Å². The third kappa shape index (κ3) is 3.12. The predicted octanol–water partition coefficient (Wildman–Crippen LogP) is 4.01. The SMILES string of the molecule is COC1(C(=O)Cc2ccc(C)c(C)c2)CCC(C)CC1. The summed E-state index contributed by atoms with van der Waals surface area (Å²) in [5.41, 5.74) is 3.09. The van der Waals surface area contributed by atoms with Crippen molar-refractivity contribution < 1.29 is 9.53 Å². The molecule has 0 heterocycles. The fourth-order valence-corrected chi connectivity index (χ4v) is 3.09. The van der Waals surface area contributed by atoms with Crippen molar-refractivity contribution in [2.45, 2.75) is 58.5 Å². The van der Waals surface area contributed by atoms with Gasteiger partial charge in [-0.3, -0.25) is 4.79 Å². The largest absolute Gasteiger partial charge is 0.370 e. The van der Waals surface area contributed by atoms with Gasteiger partial charge in [0, 0.05) is 13.5 Å². The van der Waals surface area contributed by atoms with E-state index >= 15 is 0 Å². The van der Waals surface area contributed by atoms with E-state index in [0.717, 1.165) is 31.2 Å². The minimum absolute atomic E-state index is 0.246. The zero-order valence-corrected chi connectivity index (χ0v) is 13.2. The molecule has 0 bridgehead atoms. The molecule has 2 nitrogen and oxygen atoms in total. The Kier molecular flexibility index (Phi) is 4.64. The molecule has 0 aliphatic heterocycles. The zero-order chi connectivity index (χ0) is 14.8. The molecule has 0 atom stereocenters. The number of ketones is 1. The molecule has 1 aromatic rings. The summed E-state index contributed by atoms with van der Waals surface area (Å²) in [7, 11) is 1.69. The number of carbonyl (C=O) groups excluding carboxylic acids is 1. The minimum Gasteiger partial charge on any atom is -0.370 e. The quantitative estimate of drug-likeness (QED) is 0.829. The van der Waals surface area contributed by atoms with Crippen LogP contribution in [0.15, 0.2) is 18.2 Å². The van der Waals surface area contributed by atoms with Crippen LogP contribution in [0.5, 0.6) is 0 Å². The fraction of sp³-hybridized carbons (Fsp3) is 0.611. The van der Waals surface area contributed by atoms with E-state index in [1.165, 1.54) is 11.1 Å². The molecule has 0 spiro atoms. The van der Waals surface area contributed by atoms with Crippen molar-refractivity contribution in [3.63, 3.8) is 0 Å². The summed E-state index contributed by atoms with van der Waals surface area (Å²) in [6.45, 7) is 6.45. The number of rotatable bonds is 4. The number of carbonyl (C=O) groups is 1. The average molecular weight is 274 g/mol. The van der Waals surface area contributed by atoms with Gasteiger partial charge in [-0.25, -0.2) is 0 Å². The Labute approximate surface area is 122 Å². The molecule has 2 heteroatoms. The van der Waals surface area contributed by atoms with E-state index in [1.807, 2.05) is 0 Å². The summed E-state index contributed by atoms with van der Waals surface area (Å²) in [6.07, 6.45) is 4.41. The van der Waals surface area contributed by atoms with Gasteiger partial charge in [0.05, 0.1) is 0 Å². The molecule has 0 amide bonds. The Morgan fingerprint density at radius 2 is 1.90 bits per heavy atom. The summed E-state index contributed by atoms with van der Waals surface area (Å²) in [5.74, 6) is 0.961. The van der Waals surface area contributed by atoms with Gasteiger partial charge in [0.2, 0.25) is 0 Å². The summed E-state index contributed by atoms with van der Waals surface area (Å²) < 4.78 is 5.67. The summed E-state index contributed by atoms with van der Waals surface area (Å²) >= 11 is 0. The van der Waals surface area contributed by atoms with Crippen molar-refractivity contribution in [1.82, 2.24) is 0 Å². The van der Waals surface area contributed by atoms with Crippen LogP contribution in [0.25, 0.3) is 0 Å². The number of benzene rings is 1. The van der Waals surface area contributed by atoms with Crippen LogP contribution in [-0.4, -0.2) is 18.5 Å². The standard InChI is InChI=1S/C18H26O2/c1-13-7-9-18(20-4,10-8-13)17(19)12-16-6-5-14(2)15(3)11-16/h5-6,11,13H,7-10,12H2,1-4H3. The van der Waals surface area contributed by atoms with Crippen LogP contribution in [0, 0.1) is 19.8 Å². The average Bonchev–Trinajstić information content (AvgIpc) is 2.44. The molecule has 1 aliphatic carbocycles. The monoisotopic (exact) mass is 274 g/mol. The Morgan fingerprint density at radius 1 is 1.25 bits per heavy atom. The van der Waals surface area contributed by atoms with Crippen LogP contribution >= 0.6 is 0 Å². The van der Waals surface area contributed by atoms with E-state index in [0.29, 0.717) is 12.3 Å². The van der Waals surface area contributed by atoms with Crippen molar-refractivity contribution in [3.05, 3.63) is 34.9 Å². The summed E-state index contributed by atoms with van der Waals surface area (Å²) in [5, 5.41) is 0. The van der Waals surface area contributed by atoms with Crippen LogP contribution in [0.1, 0.15) is 49.3 Å². The van der Waals surface area contributed by atoms with Crippen molar-refractivity contribution in [2.75, 3.05) is 7.11 Å². The summed E-state index contributed by atoms with van der Waals surface area (Å²) in [4.78, 5) is 12.7. The first kappa shape index (κ1) is 15.2. The first-order chi connectivity index (χ1) is 9.47. The van der Waals surface area contributed by atoms with Crippen LogP contribution in [0.2, 0.25) is 0 Å². The second-order valence-electron chi connectivity index (χ2n) is 6.40. The maximum Gasteiger partial charge on any atom is 0.168 e. The highest BCUT2D eigenvalue weighted by Gasteiger charge is 2.40. The van der Waals surface area contributed by atoms with E-state index in [4.69, 9.17) is 4.74 Å². The maximum absolute atomic E-state index is 12.7. The Morgan fingerprint density at radius 3 is 2.45 bits per heavy atom. The van der Waals surface area contributed by atoms with E-state index in [1.54, 1.807) is 7.11 Å². The van der Waals surface area contributed by atoms with Crippen molar-refractivity contribution >= 4 is 5.78 Å². The molecule has 0 unspecified atom stereocenters. The lowest BCUT2D eigenvalue weighted by atomic mass is 9.76. The molecule has 110 valence electrons. The van der Waals surface area contributed by atoms with Gasteiger partial charge in [-0.15, -0.1) is 0 Å². The van der Waals surface area contributed by atoms with E-state index in [9.17, 15) is 4.79 Å². The van der Waals surface area contributed by atoms with Gasteiger partial charge in [-0.05, 0) is 62.1 Å². The van der Waals surface area contributed by atoms with Crippen molar-refractivity contribution in [1.29, 1.82) is 0 Å². The van der Waals surface area contributed by atoms with Gasteiger partial charge in [0.15, 0.2) is 5.78 Å². The first-order valence-electron chi connectivity index (χ1n) is 7.61. The molecule has 1 fully saturated rings. The van der Waals surface area contributed by atoms with Crippen LogP contribution < -0.4 is 0 Å². The lowest BCUT2D eigenvalue weighted by Gasteiger charge is -2.37. The zero-order valence-electron chi connectivity index (χ0n) is 13.2. The van der Waals surface area contributed by atoms with Crippen LogP contribution in [0.4, 0.5) is 0 Å². The normalized spacial score (nSPS) is 26.5. The van der Waals surface area contributed by atoms with Gasteiger partial charge < -0.3 is 4.74 Å². The minimum atomic E-state index is -0.536. The maximum atomic E-state index is 12.7. The highest BCUT2D eigenvalue weighted by Crippen LogP contribution is 2.35. The summed E-state index contributed by atoms with van der Waals surface area (Å²) in [6, 6.07) is 6.29. The molecular weight excluding hydrogens is 248 g/mol. The number of Topliss-reactive ketones (excluding diaryl/α,β-unsaturated/α-hetero) is 1. The van der Waals surface area contributed by atoms with Crippen LogP contribution in [-0.2, 0) is 16.0 Å². The number of ether oxygens (including phenoxy) is 1. The topological polar surface area (TPSA) is 26.3 Å². The molecule has 1 aliphatic rings. The number of aryl methyl sites for hydroxylation is 2. The van der Waals surface area contributed by atoms with Gasteiger partial charge in [-0.2, -0.15) is 0 Å².